The average molecular weight is 243 g/mol. The Morgan fingerprint density at radius 1 is 1.47 bits per heavy atom. The molecule has 0 aliphatic rings. The largest absolute Gasteiger partial charge is 0.393 e. The van der Waals surface area contributed by atoms with Crippen molar-refractivity contribution in [2.24, 2.45) is 0 Å². The fourth-order valence-corrected chi connectivity index (χ4v) is 1.35. The minimum atomic E-state index is -0.750. The van der Waals surface area contributed by atoms with Crippen LogP contribution in [0.2, 0.25) is 0 Å². The van der Waals surface area contributed by atoms with E-state index in [0.29, 0.717) is 6.42 Å². The van der Waals surface area contributed by atoms with Crippen molar-refractivity contribution in [3.05, 3.63) is 35.4 Å². The van der Waals surface area contributed by atoms with Crippen molar-refractivity contribution in [1.29, 1.82) is 0 Å². The Balaban J connectivity index is 2.78. The van der Waals surface area contributed by atoms with Crippen molar-refractivity contribution >= 4 is 5.91 Å². The van der Waals surface area contributed by atoms with Gasteiger partial charge in [0.15, 0.2) is 0 Å². The number of nitrogens with zero attached hydrogens (tertiary/aromatic N) is 1. The highest BCUT2D eigenvalue weighted by molar-refractivity contribution is 5.94. The van der Waals surface area contributed by atoms with Gasteiger partial charge >= 0.3 is 0 Å². The highest BCUT2D eigenvalue weighted by Crippen LogP contribution is 2.12. The second-order valence-electron chi connectivity index (χ2n) is 3.99. The number of benzene rings is 1. The highest BCUT2D eigenvalue weighted by Gasteiger charge is 2.17. The molecule has 0 fully saturated rings. The van der Waals surface area contributed by atoms with Crippen molar-refractivity contribution in [3.63, 3.8) is 0 Å². The van der Waals surface area contributed by atoms with E-state index in [0.717, 1.165) is 18.2 Å². The van der Waals surface area contributed by atoms with Gasteiger partial charge in [-0.05, 0) is 31.5 Å². The van der Waals surface area contributed by atoms with E-state index in [9.17, 15) is 13.6 Å². The summed E-state index contributed by atoms with van der Waals surface area (Å²) in [4.78, 5) is 13.0. The predicted octanol–water partition coefficient (Wildman–Crippen LogP) is 1.81. The number of hydrogen-bond donors (Lipinski definition) is 1. The lowest BCUT2D eigenvalue weighted by atomic mass is 10.1. The molecule has 0 radical (unpaired) electrons. The number of amides is 1. The van der Waals surface area contributed by atoms with E-state index in [1.807, 2.05) is 0 Å². The van der Waals surface area contributed by atoms with Gasteiger partial charge in [0.2, 0.25) is 0 Å². The molecule has 1 aromatic carbocycles. The molecule has 1 unspecified atom stereocenters. The summed E-state index contributed by atoms with van der Waals surface area (Å²) in [5, 5.41) is 9.08. The van der Waals surface area contributed by atoms with Gasteiger partial charge in [-0.3, -0.25) is 4.79 Å². The Labute approximate surface area is 98.7 Å². The Morgan fingerprint density at radius 3 is 2.71 bits per heavy atom. The molecule has 1 N–H and O–H groups in total. The van der Waals surface area contributed by atoms with Crippen LogP contribution in [0.4, 0.5) is 8.78 Å². The highest BCUT2D eigenvalue weighted by atomic mass is 19.1. The molecule has 1 atom stereocenters. The van der Waals surface area contributed by atoms with Crippen LogP contribution < -0.4 is 0 Å². The van der Waals surface area contributed by atoms with Crippen LogP contribution in [0.3, 0.4) is 0 Å². The summed E-state index contributed by atoms with van der Waals surface area (Å²) in [7, 11) is 1.48. The topological polar surface area (TPSA) is 40.5 Å². The number of halogens is 2. The van der Waals surface area contributed by atoms with Crippen LogP contribution >= 0.6 is 0 Å². The normalized spacial score (nSPS) is 12.3. The monoisotopic (exact) mass is 243 g/mol. The van der Waals surface area contributed by atoms with Gasteiger partial charge in [-0.2, -0.15) is 0 Å². The molecule has 1 rings (SSSR count). The van der Waals surface area contributed by atoms with Gasteiger partial charge in [-0.15, -0.1) is 0 Å². The first kappa shape index (κ1) is 13.6. The van der Waals surface area contributed by atoms with E-state index >= 15 is 0 Å². The van der Waals surface area contributed by atoms with Gasteiger partial charge in [-0.1, -0.05) is 0 Å². The lowest BCUT2D eigenvalue weighted by molar-refractivity contribution is 0.0764. The molecular formula is C12H15F2NO2. The number of aliphatic hydroxyl groups is 1. The Hall–Kier alpha value is -1.49. The zero-order valence-electron chi connectivity index (χ0n) is 9.78. The molecule has 0 aliphatic heterocycles. The molecule has 0 aliphatic carbocycles. The zero-order chi connectivity index (χ0) is 13.0. The Morgan fingerprint density at radius 2 is 2.12 bits per heavy atom. The molecule has 17 heavy (non-hydrogen) atoms. The molecule has 0 saturated carbocycles. The standard InChI is InChI=1S/C12H15F2NO2/c1-8(16)5-6-15(2)12(17)10-7-9(13)3-4-11(10)14/h3-4,7-8,16H,5-6H2,1-2H3. The SMILES string of the molecule is CC(O)CCN(C)C(=O)c1cc(F)ccc1F. The summed E-state index contributed by atoms with van der Waals surface area (Å²) in [6.07, 6.45) is -0.151. The van der Waals surface area contributed by atoms with E-state index in [2.05, 4.69) is 0 Å². The van der Waals surface area contributed by atoms with E-state index in [1.165, 1.54) is 11.9 Å². The van der Waals surface area contributed by atoms with Crippen LogP contribution in [-0.4, -0.2) is 35.6 Å². The third-order valence-corrected chi connectivity index (χ3v) is 2.39. The third-order valence-electron chi connectivity index (χ3n) is 2.39. The van der Waals surface area contributed by atoms with Crippen molar-refractivity contribution in [3.8, 4) is 0 Å². The van der Waals surface area contributed by atoms with Gasteiger partial charge in [0.1, 0.15) is 11.6 Å². The quantitative estimate of drug-likeness (QED) is 0.876. The van der Waals surface area contributed by atoms with Crippen LogP contribution in [0, 0.1) is 11.6 Å². The fraction of sp³-hybridized carbons (Fsp3) is 0.417. The summed E-state index contributed by atoms with van der Waals surface area (Å²) >= 11 is 0. The van der Waals surface area contributed by atoms with Crippen LogP contribution in [-0.2, 0) is 0 Å². The lowest BCUT2D eigenvalue weighted by Crippen LogP contribution is -2.30. The zero-order valence-corrected chi connectivity index (χ0v) is 9.78. The lowest BCUT2D eigenvalue weighted by Gasteiger charge is -2.18. The van der Waals surface area contributed by atoms with Gasteiger partial charge in [0.05, 0.1) is 11.7 Å². The number of hydrogen-bond acceptors (Lipinski definition) is 2. The van der Waals surface area contributed by atoms with E-state index in [-0.39, 0.29) is 12.1 Å². The fourth-order valence-electron chi connectivity index (χ4n) is 1.35. The first-order chi connectivity index (χ1) is 7.91. The minimum absolute atomic E-state index is 0.284. The molecular weight excluding hydrogens is 228 g/mol. The van der Waals surface area contributed by atoms with Crippen molar-refractivity contribution in [2.75, 3.05) is 13.6 Å². The predicted molar refractivity (Wildman–Crippen MR) is 59.6 cm³/mol. The summed E-state index contributed by atoms with van der Waals surface area (Å²) in [5.41, 5.74) is -0.293. The second-order valence-corrected chi connectivity index (χ2v) is 3.99. The first-order valence-electron chi connectivity index (χ1n) is 5.30. The average Bonchev–Trinajstić information content (AvgIpc) is 2.28. The molecule has 3 nitrogen and oxygen atoms in total. The molecule has 0 aromatic heterocycles. The molecule has 0 bridgehead atoms. The third kappa shape index (κ3) is 3.78. The smallest absolute Gasteiger partial charge is 0.256 e. The maximum Gasteiger partial charge on any atom is 0.256 e. The Bertz CT molecular complexity index is 407. The summed E-state index contributed by atoms with van der Waals surface area (Å²) < 4.78 is 26.2. The maximum atomic E-state index is 13.3. The van der Waals surface area contributed by atoms with Crippen molar-refractivity contribution < 1.29 is 18.7 Å². The van der Waals surface area contributed by atoms with Gasteiger partial charge in [0.25, 0.3) is 5.91 Å². The maximum absolute atomic E-state index is 13.3. The van der Waals surface area contributed by atoms with Crippen LogP contribution in [0.15, 0.2) is 18.2 Å². The van der Waals surface area contributed by atoms with Crippen molar-refractivity contribution in [1.82, 2.24) is 4.90 Å². The van der Waals surface area contributed by atoms with Crippen LogP contribution in [0.1, 0.15) is 23.7 Å². The van der Waals surface area contributed by atoms with Gasteiger partial charge in [0, 0.05) is 13.6 Å². The minimum Gasteiger partial charge on any atom is -0.393 e. The molecule has 1 aromatic rings. The van der Waals surface area contributed by atoms with E-state index < -0.39 is 23.6 Å². The molecule has 1 amide bonds. The number of rotatable bonds is 4. The molecule has 0 saturated heterocycles. The second kappa shape index (κ2) is 5.72. The molecule has 0 heterocycles. The molecule has 5 heteroatoms. The summed E-state index contributed by atoms with van der Waals surface area (Å²) in [6.45, 7) is 1.88. The van der Waals surface area contributed by atoms with Gasteiger partial charge in [-0.25, -0.2) is 8.78 Å². The summed E-state index contributed by atoms with van der Waals surface area (Å²) in [5.74, 6) is -2.00. The van der Waals surface area contributed by atoms with Gasteiger partial charge < -0.3 is 10.0 Å². The first-order valence-corrected chi connectivity index (χ1v) is 5.30. The Kier molecular flexibility index (Phi) is 4.57. The molecule has 94 valence electrons. The van der Waals surface area contributed by atoms with E-state index in [1.54, 1.807) is 6.92 Å². The number of carbonyl (C=O) groups excluding carboxylic acids is 1. The molecule has 0 spiro atoms. The van der Waals surface area contributed by atoms with Crippen molar-refractivity contribution in [2.45, 2.75) is 19.4 Å². The number of carbonyl (C=O) groups is 1. The van der Waals surface area contributed by atoms with Crippen LogP contribution in [0.5, 0.6) is 0 Å². The number of aliphatic hydroxyl groups excluding tert-OH is 1. The summed E-state index contributed by atoms with van der Waals surface area (Å²) in [6, 6.07) is 2.75. The van der Waals surface area contributed by atoms with Crippen LogP contribution in [0.25, 0.3) is 0 Å². The van der Waals surface area contributed by atoms with E-state index in [4.69, 9.17) is 5.11 Å².